The minimum atomic E-state index is 1.13. The number of thioether (sulfide) groups is 1. The molecule has 0 fully saturated rings. The maximum absolute atomic E-state index is 4.35. The van der Waals surface area contributed by atoms with Gasteiger partial charge in [-0.25, -0.2) is 0 Å². The summed E-state index contributed by atoms with van der Waals surface area (Å²) in [6.45, 7) is 0. The minimum Gasteiger partial charge on any atom is -0.285 e. The summed E-state index contributed by atoms with van der Waals surface area (Å²) in [5.74, 6) is 0. The standard InChI is InChI=1S/C10H10N2S2/c1-13-10-8-7(5-14-10)3-2-6-4-11-12-9(6)8/h4-5H,2-3H2,1H3,(H,11,12). The van der Waals surface area contributed by atoms with Gasteiger partial charge in [0.25, 0.3) is 0 Å². The summed E-state index contributed by atoms with van der Waals surface area (Å²) in [6.07, 6.45) is 6.45. The summed E-state index contributed by atoms with van der Waals surface area (Å²) in [7, 11) is 0. The van der Waals surface area contributed by atoms with Crippen molar-refractivity contribution in [3.63, 3.8) is 0 Å². The highest BCUT2D eigenvalue weighted by molar-refractivity contribution is 8.00. The van der Waals surface area contributed by atoms with Gasteiger partial charge in [0.15, 0.2) is 0 Å². The number of thiophene rings is 1. The van der Waals surface area contributed by atoms with Gasteiger partial charge in [0.2, 0.25) is 0 Å². The van der Waals surface area contributed by atoms with E-state index in [9.17, 15) is 0 Å². The molecular weight excluding hydrogens is 212 g/mol. The SMILES string of the molecule is CSc1scc2c1-c1n[nH]cc1CC2. The van der Waals surface area contributed by atoms with E-state index in [1.165, 1.54) is 33.0 Å². The van der Waals surface area contributed by atoms with E-state index in [0.29, 0.717) is 0 Å². The van der Waals surface area contributed by atoms with Gasteiger partial charge in [-0.05, 0) is 35.6 Å². The molecule has 0 spiro atoms. The molecule has 0 radical (unpaired) electrons. The van der Waals surface area contributed by atoms with E-state index < -0.39 is 0 Å². The number of H-pyrrole nitrogens is 1. The Morgan fingerprint density at radius 3 is 3.14 bits per heavy atom. The average Bonchev–Trinajstić information content (AvgIpc) is 2.82. The third-order valence-corrected chi connectivity index (χ3v) is 4.82. The molecule has 0 aromatic carbocycles. The van der Waals surface area contributed by atoms with Gasteiger partial charge in [0.05, 0.1) is 9.90 Å². The van der Waals surface area contributed by atoms with Gasteiger partial charge < -0.3 is 0 Å². The Balaban J connectivity index is 2.27. The topological polar surface area (TPSA) is 28.7 Å². The van der Waals surface area contributed by atoms with Crippen molar-refractivity contribution in [2.24, 2.45) is 0 Å². The summed E-state index contributed by atoms with van der Waals surface area (Å²) in [6, 6.07) is 0. The van der Waals surface area contributed by atoms with Crippen LogP contribution in [0, 0.1) is 0 Å². The molecule has 14 heavy (non-hydrogen) atoms. The number of fused-ring (bicyclic) bond motifs is 3. The Hall–Kier alpha value is -0.740. The van der Waals surface area contributed by atoms with Crippen molar-refractivity contribution < 1.29 is 0 Å². The zero-order valence-electron chi connectivity index (χ0n) is 7.83. The van der Waals surface area contributed by atoms with Gasteiger partial charge in [-0.3, -0.25) is 5.10 Å². The maximum atomic E-state index is 4.35. The van der Waals surface area contributed by atoms with E-state index >= 15 is 0 Å². The summed E-state index contributed by atoms with van der Waals surface area (Å²) < 4.78 is 1.40. The molecule has 2 nitrogen and oxygen atoms in total. The molecule has 0 amide bonds. The predicted molar refractivity (Wildman–Crippen MR) is 61.1 cm³/mol. The third kappa shape index (κ3) is 1.07. The summed E-state index contributed by atoms with van der Waals surface area (Å²) in [5.41, 5.74) is 5.40. The highest BCUT2D eigenvalue weighted by Gasteiger charge is 2.22. The lowest BCUT2D eigenvalue weighted by atomic mass is 9.94. The van der Waals surface area contributed by atoms with Gasteiger partial charge in [-0.2, -0.15) is 5.10 Å². The summed E-state index contributed by atoms with van der Waals surface area (Å²) in [5, 5.41) is 9.59. The van der Waals surface area contributed by atoms with E-state index in [0.717, 1.165) is 6.42 Å². The van der Waals surface area contributed by atoms with Crippen LogP contribution in [0.15, 0.2) is 15.8 Å². The molecule has 1 aliphatic rings. The van der Waals surface area contributed by atoms with Crippen LogP contribution in [-0.2, 0) is 12.8 Å². The first-order chi connectivity index (χ1) is 6.90. The van der Waals surface area contributed by atoms with E-state index in [4.69, 9.17) is 0 Å². The number of nitrogens with zero attached hydrogens (tertiary/aromatic N) is 1. The highest BCUT2D eigenvalue weighted by atomic mass is 32.2. The van der Waals surface area contributed by atoms with Crippen LogP contribution in [0.4, 0.5) is 0 Å². The molecule has 0 unspecified atom stereocenters. The van der Waals surface area contributed by atoms with Gasteiger partial charge in [0.1, 0.15) is 0 Å². The number of rotatable bonds is 1. The number of aryl methyl sites for hydroxylation is 2. The van der Waals surface area contributed by atoms with Crippen LogP contribution in [0.25, 0.3) is 11.3 Å². The fourth-order valence-corrected chi connectivity index (χ4v) is 3.74. The molecule has 4 heteroatoms. The minimum absolute atomic E-state index is 1.13. The van der Waals surface area contributed by atoms with E-state index in [1.807, 2.05) is 29.3 Å². The molecule has 0 bridgehead atoms. The first kappa shape index (κ1) is 8.56. The Morgan fingerprint density at radius 1 is 1.43 bits per heavy atom. The quantitative estimate of drug-likeness (QED) is 0.751. The number of aromatic nitrogens is 2. The molecule has 0 saturated heterocycles. The highest BCUT2D eigenvalue weighted by Crippen LogP contribution is 2.42. The van der Waals surface area contributed by atoms with Crippen molar-refractivity contribution in [2.45, 2.75) is 17.1 Å². The number of nitrogens with one attached hydrogen (secondary N) is 1. The molecule has 1 aliphatic carbocycles. The second kappa shape index (κ2) is 3.14. The van der Waals surface area contributed by atoms with Gasteiger partial charge in [0, 0.05) is 11.8 Å². The molecule has 0 saturated carbocycles. The van der Waals surface area contributed by atoms with Crippen molar-refractivity contribution in [1.82, 2.24) is 10.2 Å². The number of hydrogen-bond acceptors (Lipinski definition) is 3. The molecule has 1 N–H and O–H groups in total. The first-order valence-electron chi connectivity index (χ1n) is 4.57. The predicted octanol–water partition coefficient (Wildman–Crippen LogP) is 2.96. The van der Waals surface area contributed by atoms with E-state index in [-0.39, 0.29) is 0 Å². The lowest BCUT2D eigenvalue weighted by Crippen LogP contribution is -2.00. The molecule has 2 aromatic heterocycles. The fraction of sp³-hybridized carbons (Fsp3) is 0.300. The van der Waals surface area contributed by atoms with Crippen LogP contribution >= 0.6 is 23.1 Å². The van der Waals surface area contributed by atoms with Crippen LogP contribution in [-0.4, -0.2) is 16.5 Å². The molecule has 0 atom stereocenters. The lowest BCUT2D eigenvalue weighted by molar-refractivity contribution is 0.945. The van der Waals surface area contributed by atoms with Crippen molar-refractivity contribution in [1.29, 1.82) is 0 Å². The van der Waals surface area contributed by atoms with Crippen molar-refractivity contribution in [2.75, 3.05) is 6.26 Å². The summed E-state index contributed by atoms with van der Waals surface area (Å²) >= 11 is 3.66. The van der Waals surface area contributed by atoms with Gasteiger partial charge in [-0.15, -0.1) is 23.1 Å². The Kier molecular flexibility index (Phi) is 1.92. The Morgan fingerprint density at radius 2 is 2.29 bits per heavy atom. The smallest absolute Gasteiger partial charge is 0.0975 e. The van der Waals surface area contributed by atoms with E-state index in [1.54, 1.807) is 0 Å². The fourth-order valence-electron chi connectivity index (χ4n) is 1.95. The van der Waals surface area contributed by atoms with Crippen molar-refractivity contribution >= 4 is 23.1 Å². The monoisotopic (exact) mass is 222 g/mol. The van der Waals surface area contributed by atoms with Crippen LogP contribution in [0.3, 0.4) is 0 Å². The van der Waals surface area contributed by atoms with Crippen LogP contribution < -0.4 is 0 Å². The maximum Gasteiger partial charge on any atom is 0.0975 e. The second-order valence-corrected chi connectivity index (χ2v) is 5.34. The van der Waals surface area contributed by atoms with E-state index in [2.05, 4.69) is 21.8 Å². The van der Waals surface area contributed by atoms with Gasteiger partial charge >= 0.3 is 0 Å². The zero-order chi connectivity index (χ0) is 9.54. The number of hydrogen-bond donors (Lipinski definition) is 1. The average molecular weight is 222 g/mol. The third-order valence-electron chi connectivity index (χ3n) is 2.64. The number of aromatic amines is 1. The van der Waals surface area contributed by atoms with Crippen molar-refractivity contribution in [3.05, 3.63) is 22.7 Å². The summed E-state index contributed by atoms with van der Waals surface area (Å²) in [4.78, 5) is 0. The van der Waals surface area contributed by atoms with Crippen molar-refractivity contribution in [3.8, 4) is 11.3 Å². The van der Waals surface area contributed by atoms with Crippen LogP contribution in [0.2, 0.25) is 0 Å². The lowest BCUT2D eigenvalue weighted by Gasteiger charge is -2.11. The zero-order valence-corrected chi connectivity index (χ0v) is 9.47. The molecule has 2 heterocycles. The second-order valence-electron chi connectivity index (χ2n) is 3.39. The molecule has 2 aromatic rings. The largest absolute Gasteiger partial charge is 0.285 e. The molecule has 72 valence electrons. The van der Waals surface area contributed by atoms with Crippen LogP contribution in [0.1, 0.15) is 11.1 Å². The first-order valence-corrected chi connectivity index (χ1v) is 6.68. The van der Waals surface area contributed by atoms with Crippen LogP contribution in [0.5, 0.6) is 0 Å². The van der Waals surface area contributed by atoms with Gasteiger partial charge in [-0.1, -0.05) is 0 Å². The molecule has 3 rings (SSSR count). The Labute approximate surface area is 90.7 Å². The molecule has 0 aliphatic heterocycles. The molecular formula is C10H10N2S2. The Bertz CT molecular complexity index is 457. The normalized spacial score (nSPS) is 13.8.